The lowest BCUT2D eigenvalue weighted by Crippen LogP contribution is -2.46. The van der Waals surface area contributed by atoms with E-state index < -0.39 is 0 Å². The fourth-order valence-electron chi connectivity index (χ4n) is 3.29. The van der Waals surface area contributed by atoms with Gasteiger partial charge in [0, 0.05) is 19.6 Å². The maximum Gasteiger partial charge on any atom is 0.237 e. The smallest absolute Gasteiger partial charge is 0.237 e. The Labute approximate surface area is 145 Å². The van der Waals surface area contributed by atoms with Crippen molar-refractivity contribution < 1.29 is 9.42 Å². The Morgan fingerprint density at radius 3 is 2.88 bits per heavy atom. The number of aromatic nitrogens is 2. The number of rotatable bonds is 4. The first-order valence-electron chi connectivity index (χ1n) is 8.50. The number of hydrogen-bond donors (Lipinski definition) is 1. The van der Waals surface area contributed by atoms with Gasteiger partial charge in [-0.05, 0) is 52.5 Å². The summed E-state index contributed by atoms with van der Waals surface area (Å²) in [5.41, 5.74) is 5.11. The molecule has 1 unspecified atom stereocenters. The minimum atomic E-state index is -0.161. The van der Waals surface area contributed by atoms with Gasteiger partial charge in [-0.3, -0.25) is 9.69 Å². The standard InChI is InChI=1S/C19H20N4O2/c1-13(23-9-8-15-4-2-3-5-16(15)12-23)19(24)20-11-14-6-7-17-18(10-14)22-25-21-17/h2-7,10,13H,8-9,11-12H2,1H3,(H,20,24). The molecule has 1 aliphatic heterocycles. The highest BCUT2D eigenvalue weighted by Gasteiger charge is 2.24. The van der Waals surface area contributed by atoms with E-state index in [1.807, 2.05) is 25.1 Å². The lowest BCUT2D eigenvalue weighted by molar-refractivity contribution is -0.126. The van der Waals surface area contributed by atoms with Crippen LogP contribution in [0.4, 0.5) is 0 Å². The van der Waals surface area contributed by atoms with Crippen LogP contribution in [0.5, 0.6) is 0 Å². The van der Waals surface area contributed by atoms with E-state index in [-0.39, 0.29) is 11.9 Å². The molecule has 3 aromatic rings. The second-order valence-corrected chi connectivity index (χ2v) is 6.47. The molecule has 1 aliphatic rings. The Balaban J connectivity index is 1.37. The van der Waals surface area contributed by atoms with Crippen LogP contribution in [0.25, 0.3) is 11.0 Å². The SMILES string of the molecule is CC(C(=O)NCc1ccc2nonc2c1)N1CCc2ccccc2C1. The molecule has 0 bridgehead atoms. The third kappa shape index (κ3) is 3.25. The lowest BCUT2D eigenvalue weighted by Gasteiger charge is -2.32. The summed E-state index contributed by atoms with van der Waals surface area (Å²) in [5, 5.41) is 10.6. The Hall–Kier alpha value is -2.73. The van der Waals surface area contributed by atoms with E-state index in [9.17, 15) is 4.79 Å². The quantitative estimate of drug-likeness (QED) is 0.791. The predicted molar refractivity (Wildman–Crippen MR) is 93.7 cm³/mol. The molecular weight excluding hydrogens is 316 g/mol. The van der Waals surface area contributed by atoms with Gasteiger partial charge >= 0.3 is 0 Å². The van der Waals surface area contributed by atoms with Crippen molar-refractivity contribution in [2.75, 3.05) is 6.54 Å². The molecular formula is C19H20N4O2. The summed E-state index contributed by atoms with van der Waals surface area (Å²) < 4.78 is 4.70. The Morgan fingerprint density at radius 2 is 2.00 bits per heavy atom. The number of fused-ring (bicyclic) bond motifs is 2. The van der Waals surface area contributed by atoms with Crippen molar-refractivity contribution in [3.8, 4) is 0 Å². The van der Waals surface area contributed by atoms with E-state index >= 15 is 0 Å². The van der Waals surface area contributed by atoms with E-state index in [0.717, 1.165) is 30.6 Å². The summed E-state index contributed by atoms with van der Waals surface area (Å²) >= 11 is 0. The zero-order valence-corrected chi connectivity index (χ0v) is 14.1. The van der Waals surface area contributed by atoms with Gasteiger partial charge in [0.1, 0.15) is 11.0 Å². The van der Waals surface area contributed by atoms with Crippen molar-refractivity contribution in [3.63, 3.8) is 0 Å². The minimum Gasteiger partial charge on any atom is -0.351 e. The van der Waals surface area contributed by atoms with Crippen LogP contribution in [0.1, 0.15) is 23.6 Å². The number of carbonyl (C=O) groups excluding carboxylic acids is 1. The van der Waals surface area contributed by atoms with Crippen LogP contribution in [0.15, 0.2) is 47.1 Å². The van der Waals surface area contributed by atoms with Gasteiger partial charge in [0.15, 0.2) is 0 Å². The normalized spacial score (nSPS) is 15.7. The molecule has 2 heterocycles. The number of nitrogens with one attached hydrogen (secondary N) is 1. The zero-order valence-electron chi connectivity index (χ0n) is 14.1. The van der Waals surface area contributed by atoms with Crippen molar-refractivity contribution in [1.29, 1.82) is 0 Å². The molecule has 25 heavy (non-hydrogen) atoms. The average Bonchev–Trinajstić information content (AvgIpc) is 3.13. The van der Waals surface area contributed by atoms with Crippen molar-refractivity contribution in [2.45, 2.75) is 32.5 Å². The molecule has 0 saturated carbocycles. The highest BCUT2D eigenvalue weighted by Crippen LogP contribution is 2.20. The van der Waals surface area contributed by atoms with Gasteiger partial charge in [0.25, 0.3) is 0 Å². The van der Waals surface area contributed by atoms with Crippen molar-refractivity contribution in [1.82, 2.24) is 20.5 Å². The van der Waals surface area contributed by atoms with Crippen LogP contribution in [0, 0.1) is 0 Å². The van der Waals surface area contributed by atoms with Crippen LogP contribution in [-0.2, 0) is 24.3 Å². The molecule has 0 aliphatic carbocycles. The first-order valence-corrected chi connectivity index (χ1v) is 8.50. The number of hydrogen-bond acceptors (Lipinski definition) is 5. The molecule has 6 heteroatoms. The first kappa shape index (κ1) is 15.8. The molecule has 4 rings (SSSR count). The van der Waals surface area contributed by atoms with Gasteiger partial charge < -0.3 is 5.32 Å². The summed E-state index contributed by atoms with van der Waals surface area (Å²) in [6.45, 7) is 4.16. The summed E-state index contributed by atoms with van der Waals surface area (Å²) in [6.07, 6.45) is 0.990. The fraction of sp³-hybridized carbons (Fsp3) is 0.316. The largest absolute Gasteiger partial charge is 0.351 e. The molecule has 1 aromatic heterocycles. The van der Waals surface area contributed by atoms with E-state index in [2.05, 4.69) is 44.8 Å². The van der Waals surface area contributed by atoms with Crippen molar-refractivity contribution in [3.05, 3.63) is 59.2 Å². The molecule has 128 valence electrons. The number of nitrogens with zero attached hydrogens (tertiary/aromatic N) is 3. The van der Waals surface area contributed by atoms with Crippen LogP contribution in [-0.4, -0.2) is 33.7 Å². The van der Waals surface area contributed by atoms with E-state index in [1.165, 1.54) is 11.1 Å². The molecule has 0 radical (unpaired) electrons. The average molecular weight is 336 g/mol. The fourth-order valence-corrected chi connectivity index (χ4v) is 3.29. The Kier molecular flexibility index (Phi) is 4.19. The van der Waals surface area contributed by atoms with Gasteiger partial charge in [-0.2, -0.15) is 0 Å². The molecule has 0 saturated heterocycles. The van der Waals surface area contributed by atoms with Crippen molar-refractivity contribution in [2.24, 2.45) is 0 Å². The van der Waals surface area contributed by atoms with Gasteiger partial charge in [-0.25, -0.2) is 4.63 Å². The molecule has 0 spiro atoms. The monoisotopic (exact) mass is 336 g/mol. The van der Waals surface area contributed by atoms with Gasteiger partial charge in [-0.15, -0.1) is 0 Å². The van der Waals surface area contributed by atoms with E-state index in [0.29, 0.717) is 12.1 Å². The zero-order chi connectivity index (χ0) is 17.2. The maximum atomic E-state index is 12.5. The molecule has 1 N–H and O–H groups in total. The van der Waals surface area contributed by atoms with Crippen molar-refractivity contribution >= 4 is 16.9 Å². The highest BCUT2D eigenvalue weighted by molar-refractivity contribution is 5.81. The summed E-state index contributed by atoms with van der Waals surface area (Å²) in [7, 11) is 0. The van der Waals surface area contributed by atoms with E-state index in [4.69, 9.17) is 4.63 Å². The molecule has 2 aromatic carbocycles. The Morgan fingerprint density at radius 1 is 1.20 bits per heavy atom. The predicted octanol–water partition coefficient (Wildman–Crippen LogP) is 2.29. The van der Waals surface area contributed by atoms with Crippen LogP contribution >= 0.6 is 0 Å². The summed E-state index contributed by atoms with van der Waals surface area (Å²) in [4.78, 5) is 14.8. The van der Waals surface area contributed by atoms with Gasteiger partial charge in [-0.1, -0.05) is 30.3 Å². The number of benzene rings is 2. The molecule has 6 nitrogen and oxygen atoms in total. The lowest BCUT2D eigenvalue weighted by atomic mass is 9.99. The maximum absolute atomic E-state index is 12.5. The summed E-state index contributed by atoms with van der Waals surface area (Å²) in [5.74, 6) is 0.0396. The molecule has 1 atom stereocenters. The van der Waals surface area contributed by atoms with E-state index in [1.54, 1.807) is 0 Å². The second-order valence-electron chi connectivity index (χ2n) is 6.47. The number of carbonyl (C=O) groups is 1. The second kappa shape index (κ2) is 6.64. The van der Waals surface area contributed by atoms with Gasteiger partial charge in [0.05, 0.1) is 6.04 Å². The third-order valence-corrected chi connectivity index (χ3v) is 4.87. The minimum absolute atomic E-state index is 0.0396. The first-order chi connectivity index (χ1) is 12.2. The third-order valence-electron chi connectivity index (χ3n) is 4.87. The van der Waals surface area contributed by atoms with Gasteiger partial charge in [0.2, 0.25) is 5.91 Å². The highest BCUT2D eigenvalue weighted by atomic mass is 16.6. The summed E-state index contributed by atoms with van der Waals surface area (Å²) in [6, 6.07) is 13.9. The van der Waals surface area contributed by atoms with Crippen LogP contribution < -0.4 is 5.32 Å². The Bertz CT molecular complexity index is 905. The number of amides is 1. The topological polar surface area (TPSA) is 71.3 Å². The molecule has 1 amide bonds. The van der Waals surface area contributed by atoms with Crippen LogP contribution in [0.3, 0.4) is 0 Å². The van der Waals surface area contributed by atoms with Crippen LogP contribution in [0.2, 0.25) is 0 Å². The molecule has 0 fully saturated rings.